The maximum atomic E-state index is 6.27. The first-order chi connectivity index (χ1) is 14.3. The molecule has 1 aromatic carbocycles. The molecule has 1 aromatic rings. The lowest BCUT2D eigenvalue weighted by atomic mass is 10.0. The quantitative estimate of drug-likeness (QED) is 0.183. The van der Waals surface area contributed by atoms with Crippen LogP contribution in [0.4, 0.5) is 0 Å². The van der Waals surface area contributed by atoms with Crippen LogP contribution in [0.2, 0.25) is 6.04 Å². The summed E-state index contributed by atoms with van der Waals surface area (Å²) in [6.07, 6.45) is 22.7. The molecule has 1 atom stereocenters. The third-order valence-corrected chi connectivity index (χ3v) is 8.60. The van der Waals surface area contributed by atoms with Crippen molar-refractivity contribution >= 4 is 14.3 Å². The van der Waals surface area contributed by atoms with Gasteiger partial charge >= 0.3 is 0 Å². The van der Waals surface area contributed by atoms with E-state index in [1.807, 2.05) is 0 Å². The SMILES string of the molecule is CCCCCCCCCCCCCCCCC(C)C[Si]1=CCc2ccccc2O1. The molecule has 1 aliphatic heterocycles. The second kappa shape index (κ2) is 15.9. The van der Waals surface area contributed by atoms with Gasteiger partial charge in [-0.1, -0.05) is 134 Å². The summed E-state index contributed by atoms with van der Waals surface area (Å²) >= 11 is 0. The number of fused-ring (bicyclic) bond motifs is 1. The minimum Gasteiger partial charge on any atom is -0.517 e. The first kappa shape index (κ1) is 24.4. The summed E-state index contributed by atoms with van der Waals surface area (Å²) in [7, 11) is -0.752. The number of hydrogen-bond donors (Lipinski definition) is 0. The summed E-state index contributed by atoms with van der Waals surface area (Å²) in [5.74, 6) is 1.95. The molecule has 1 unspecified atom stereocenters. The number of benzene rings is 1. The molecule has 0 bridgehead atoms. The summed E-state index contributed by atoms with van der Waals surface area (Å²) in [4.78, 5) is 0. The summed E-state index contributed by atoms with van der Waals surface area (Å²) in [5.41, 5.74) is 3.83. The molecule has 0 spiro atoms. The van der Waals surface area contributed by atoms with E-state index >= 15 is 0 Å². The second-order valence-corrected chi connectivity index (χ2v) is 11.2. The highest BCUT2D eigenvalue weighted by Crippen LogP contribution is 2.23. The van der Waals surface area contributed by atoms with Gasteiger partial charge in [-0.15, -0.1) is 0 Å². The van der Waals surface area contributed by atoms with Gasteiger partial charge in [0.1, 0.15) is 5.75 Å². The fourth-order valence-corrected chi connectivity index (χ4v) is 6.59. The highest BCUT2D eigenvalue weighted by Gasteiger charge is 2.15. The Morgan fingerprint density at radius 2 is 1.34 bits per heavy atom. The zero-order valence-corrected chi connectivity index (χ0v) is 20.4. The molecule has 0 saturated heterocycles. The molecule has 0 N–H and O–H groups in total. The lowest BCUT2D eigenvalue weighted by Crippen LogP contribution is -2.23. The highest BCUT2D eigenvalue weighted by molar-refractivity contribution is 6.61. The van der Waals surface area contributed by atoms with Crippen LogP contribution >= 0.6 is 0 Å². The summed E-state index contributed by atoms with van der Waals surface area (Å²) in [5, 5.41) is 0. The fraction of sp³-hybridized carbons (Fsp3) is 0.741. The van der Waals surface area contributed by atoms with Gasteiger partial charge in [-0.2, -0.15) is 0 Å². The van der Waals surface area contributed by atoms with E-state index < -0.39 is 8.65 Å². The standard InChI is InChI=1S/C27H46OSi/c1-3-4-5-6-7-8-9-10-11-12-13-14-15-16-19-25(2)24-29-23-22-26-20-17-18-21-27(26)28-29/h17-18,20-21,23,25H,3-16,19,22,24H2,1-2H3. The molecule has 0 aromatic heterocycles. The summed E-state index contributed by atoms with van der Waals surface area (Å²) in [6.45, 7) is 4.73. The molecule has 29 heavy (non-hydrogen) atoms. The monoisotopic (exact) mass is 414 g/mol. The zero-order valence-electron chi connectivity index (χ0n) is 19.4. The van der Waals surface area contributed by atoms with E-state index in [2.05, 4.69) is 43.8 Å². The van der Waals surface area contributed by atoms with Crippen LogP contribution < -0.4 is 4.43 Å². The van der Waals surface area contributed by atoms with E-state index in [4.69, 9.17) is 4.43 Å². The van der Waals surface area contributed by atoms with Crippen LogP contribution in [0, 0.1) is 5.92 Å². The van der Waals surface area contributed by atoms with Crippen molar-refractivity contribution in [3.05, 3.63) is 29.8 Å². The van der Waals surface area contributed by atoms with E-state index in [1.165, 1.54) is 108 Å². The van der Waals surface area contributed by atoms with Gasteiger partial charge < -0.3 is 4.43 Å². The Morgan fingerprint density at radius 1 is 0.793 bits per heavy atom. The first-order valence-electron chi connectivity index (χ1n) is 12.7. The van der Waals surface area contributed by atoms with Crippen molar-refractivity contribution in [1.82, 2.24) is 0 Å². The largest absolute Gasteiger partial charge is 0.517 e. The molecule has 1 nitrogen and oxygen atoms in total. The lowest BCUT2D eigenvalue weighted by molar-refractivity contribution is 0.487. The van der Waals surface area contributed by atoms with Crippen molar-refractivity contribution in [2.75, 3.05) is 0 Å². The minimum atomic E-state index is -0.752. The smallest absolute Gasteiger partial charge is 0.236 e. The van der Waals surface area contributed by atoms with Crippen LogP contribution in [0.5, 0.6) is 5.75 Å². The van der Waals surface area contributed by atoms with Crippen LogP contribution in [0.3, 0.4) is 0 Å². The number of hydrogen-bond acceptors (Lipinski definition) is 1. The summed E-state index contributed by atoms with van der Waals surface area (Å²) in [6, 6.07) is 9.83. The Hall–Kier alpha value is -0.893. The second-order valence-electron chi connectivity index (χ2n) is 9.28. The topological polar surface area (TPSA) is 9.23 Å². The third-order valence-electron chi connectivity index (χ3n) is 6.36. The minimum absolute atomic E-state index is 0.752. The van der Waals surface area contributed by atoms with E-state index in [0.717, 1.165) is 18.1 Å². The van der Waals surface area contributed by atoms with E-state index in [0.29, 0.717) is 0 Å². The average Bonchev–Trinajstić information content (AvgIpc) is 2.74. The predicted octanol–water partition coefficient (Wildman–Crippen LogP) is 8.50. The third kappa shape index (κ3) is 11.2. The first-order valence-corrected chi connectivity index (χ1v) is 14.4. The van der Waals surface area contributed by atoms with Crippen LogP contribution in [-0.2, 0) is 6.42 Å². The van der Waals surface area contributed by atoms with E-state index in [1.54, 1.807) is 0 Å². The molecule has 1 heterocycles. The molecule has 0 fully saturated rings. The van der Waals surface area contributed by atoms with Gasteiger partial charge in [-0.05, 0) is 30.0 Å². The van der Waals surface area contributed by atoms with E-state index in [9.17, 15) is 0 Å². The molecule has 0 amide bonds. The Morgan fingerprint density at radius 3 is 1.97 bits per heavy atom. The number of para-hydroxylation sites is 1. The fourth-order valence-electron chi connectivity index (χ4n) is 4.44. The molecule has 0 radical (unpaired) electrons. The van der Waals surface area contributed by atoms with Crippen LogP contribution in [-0.4, -0.2) is 14.3 Å². The Kier molecular flexibility index (Phi) is 13.4. The molecule has 1 aliphatic rings. The molecule has 2 heteroatoms. The van der Waals surface area contributed by atoms with Crippen LogP contribution in [0.15, 0.2) is 24.3 Å². The maximum absolute atomic E-state index is 6.27. The van der Waals surface area contributed by atoms with Gasteiger partial charge in [0.2, 0.25) is 8.65 Å². The maximum Gasteiger partial charge on any atom is 0.236 e. The molecular weight excluding hydrogens is 368 g/mol. The lowest BCUT2D eigenvalue weighted by Gasteiger charge is -2.20. The molecular formula is C27H46OSi. The van der Waals surface area contributed by atoms with Crippen LogP contribution in [0.1, 0.15) is 116 Å². The average molecular weight is 415 g/mol. The van der Waals surface area contributed by atoms with Crippen LogP contribution in [0.25, 0.3) is 0 Å². The molecule has 2 rings (SSSR count). The van der Waals surface area contributed by atoms with Crippen molar-refractivity contribution in [2.45, 2.75) is 123 Å². The van der Waals surface area contributed by atoms with Gasteiger partial charge in [-0.3, -0.25) is 0 Å². The van der Waals surface area contributed by atoms with Gasteiger partial charge in [0.15, 0.2) is 0 Å². The van der Waals surface area contributed by atoms with Gasteiger partial charge in [-0.25, -0.2) is 0 Å². The Balaban J connectivity index is 1.37. The van der Waals surface area contributed by atoms with Gasteiger partial charge in [0, 0.05) is 0 Å². The van der Waals surface area contributed by atoms with Gasteiger partial charge in [0.25, 0.3) is 0 Å². The molecule has 0 aliphatic carbocycles. The Labute approximate surface area is 183 Å². The molecule has 164 valence electrons. The van der Waals surface area contributed by atoms with E-state index in [-0.39, 0.29) is 0 Å². The van der Waals surface area contributed by atoms with Gasteiger partial charge in [0.05, 0.1) is 0 Å². The molecule has 0 saturated carbocycles. The van der Waals surface area contributed by atoms with Crippen molar-refractivity contribution in [3.63, 3.8) is 0 Å². The predicted molar refractivity (Wildman–Crippen MR) is 131 cm³/mol. The van der Waals surface area contributed by atoms with Crippen molar-refractivity contribution in [2.24, 2.45) is 5.92 Å². The number of rotatable bonds is 17. The summed E-state index contributed by atoms with van der Waals surface area (Å²) < 4.78 is 6.27. The van der Waals surface area contributed by atoms with Crippen molar-refractivity contribution in [3.8, 4) is 5.75 Å². The van der Waals surface area contributed by atoms with Crippen molar-refractivity contribution < 1.29 is 4.43 Å². The normalized spacial score (nSPS) is 14.2. The highest BCUT2D eigenvalue weighted by atomic mass is 28.3. The number of unbranched alkanes of at least 4 members (excludes halogenated alkanes) is 13. The zero-order chi connectivity index (χ0) is 20.6. The Bertz CT molecular complexity index is 565. The van der Waals surface area contributed by atoms with Crippen molar-refractivity contribution in [1.29, 1.82) is 0 Å².